The number of aryl methyl sites for hydroxylation is 4. The number of carbonyl (C=O) groups is 2. The second-order valence-electron chi connectivity index (χ2n) is 9.00. The zero-order valence-electron chi connectivity index (χ0n) is 21.9. The van der Waals surface area contributed by atoms with Crippen LogP contribution in [0.15, 0.2) is 53.4 Å². The molecule has 0 bridgehead atoms. The number of hydrogen-bond acceptors (Lipinski definition) is 6. The normalized spacial score (nSPS) is 12.1. The standard InChI is InChI=1S/C28H31ClN2O6S/c1-6-37-28(34)24(15-32)30-27(33)26-18(4)10-21(11-19(26)5)20-8-7-9-22(14-20)31-38(35,36)25-13-16(2)23(29)12-17(25)3/h7-14,24,31-32H,6,15H2,1-5H3,(H,30,33). The van der Waals surface area contributed by atoms with Crippen LogP contribution in [0.4, 0.5) is 5.69 Å². The molecule has 0 aliphatic rings. The van der Waals surface area contributed by atoms with Crippen molar-refractivity contribution in [3.05, 3.63) is 81.4 Å². The molecule has 3 rings (SSSR count). The first kappa shape index (κ1) is 29.2. The van der Waals surface area contributed by atoms with Gasteiger partial charge >= 0.3 is 5.97 Å². The molecule has 0 spiro atoms. The Balaban J connectivity index is 1.89. The summed E-state index contributed by atoms with van der Waals surface area (Å²) in [4.78, 5) is 25.0. The molecule has 3 aromatic rings. The van der Waals surface area contributed by atoms with Gasteiger partial charge in [-0.15, -0.1) is 0 Å². The highest BCUT2D eigenvalue weighted by Gasteiger charge is 2.24. The lowest BCUT2D eigenvalue weighted by atomic mass is 9.95. The predicted molar refractivity (Wildman–Crippen MR) is 148 cm³/mol. The molecule has 1 atom stereocenters. The van der Waals surface area contributed by atoms with E-state index in [1.165, 1.54) is 0 Å². The summed E-state index contributed by atoms with van der Waals surface area (Å²) in [6.07, 6.45) is 0. The molecule has 0 saturated heterocycles. The van der Waals surface area contributed by atoms with Gasteiger partial charge in [0.2, 0.25) is 0 Å². The molecule has 202 valence electrons. The van der Waals surface area contributed by atoms with E-state index in [0.29, 0.717) is 38.5 Å². The zero-order chi connectivity index (χ0) is 28.2. The van der Waals surface area contributed by atoms with E-state index in [2.05, 4.69) is 10.0 Å². The van der Waals surface area contributed by atoms with Gasteiger partial charge in [-0.3, -0.25) is 9.52 Å². The molecule has 0 aliphatic heterocycles. The van der Waals surface area contributed by atoms with Crippen molar-refractivity contribution >= 4 is 39.2 Å². The van der Waals surface area contributed by atoms with Crippen molar-refractivity contribution in [3.63, 3.8) is 0 Å². The van der Waals surface area contributed by atoms with Crippen molar-refractivity contribution in [2.45, 2.75) is 45.6 Å². The summed E-state index contributed by atoms with van der Waals surface area (Å²) < 4.78 is 33.8. The fraction of sp³-hybridized carbons (Fsp3) is 0.286. The molecule has 3 aromatic carbocycles. The predicted octanol–water partition coefficient (Wildman–Crippen LogP) is 4.70. The van der Waals surface area contributed by atoms with Crippen LogP contribution in [0.1, 0.15) is 39.5 Å². The highest BCUT2D eigenvalue weighted by atomic mass is 35.5. The summed E-state index contributed by atoms with van der Waals surface area (Å²) in [5.41, 5.74) is 4.78. The number of anilines is 1. The Morgan fingerprint density at radius 2 is 1.61 bits per heavy atom. The first-order valence-electron chi connectivity index (χ1n) is 12.0. The number of carbonyl (C=O) groups excluding carboxylic acids is 2. The second kappa shape index (κ2) is 12.0. The molecule has 3 N–H and O–H groups in total. The second-order valence-corrected chi connectivity index (χ2v) is 11.1. The number of esters is 1. The lowest BCUT2D eigenvalue weighted by Gasteiger charge is -2.18. The highest BCUT2D eigenvalue weighted by molar-refractivity contribution is 7.92. The molecule has 1 unspecified atom stereocenters. The Morgan fingerprint density at radius 1 is 0.947 bits per heavy atom. The van der Waals surface area contributed by atoms with Gasteiger partial charge in [0.1, 0.15) is 0 Å². The van der Waals surface area contributed by atoms with E-state index in [9.17, 15) is 23.1 Å². The number of hydrogen-bond donors (Lipinski definition) is 3. The SMILES string of the molecule is CCOC(=O)C(CO)NC(=O)c1c(C)cc(-c2cccc(NS(=O)(=O)c3cc(C)c(Cl)cc3C)c2)cc1C. The number of nitrogens with one attached hydrogen (secondary N) is 2. The molecule has 1 amide bonds. The van der Waals surface area contributed by atoms with Gasteiger partial charge in [-0.25, -0.2) is 13.2 Å². The molecule has 0 radical (unpaired) electrons. The molecule has 0 saturated carbocycles. The minimum Gasteiger partial charge on any atom is -0.464 e. The van der Waals surface area contributed by atoms with Gasteiger partial charge in [0, 0.05) is 16.3 Å². The van der Waals surface area contributed by atoms with E-state index in [1.54, 1.807) is 77.1 Å². The van der Waals surface area contributed by atoms with Crippen molar-refractivity contribution in [2.75, 3.05) is 17.9 Å². The molecule has 0 aliphatic carbocycles. The van der Waals surface area contributed by atoms with Gasteiger partial charge in [0.15, 0.2) is 6.04 Å². The smallest absolute Gasteiger partial charge is 0.331 e. The number of benzene rings is 3. The third-order valence-electron chi connectivity index (χ3n) is 6.01. The van der Waals surface area contributed by atoms with Gasteiger partial charge in [-0.05, 0) is 92.3 Å². The van der Waals surface area contributed by atoms with E-state index >= 15 is 0 Å². The quantitative estimate of drug-likeness (QED) is 0.327. The highest BCUT2D eigenvalue weighted by Crippen LogP contribution is 2.30. The summed E-state index contributed by atoms with van der Waals surface area (Å²) in [5, 5.41) is 12.5. The molecule has 10 heteroatoms. The lowest BCUT2D eigenvalue weighted by Crippen LogP contribution is -2.44. The average molecular weight is 559 g/mol. The first-order chi connectivity index (χ1) is 17.9. The van der Waals surface area contributed by atoms with Crippen molar-refractivity contribution < 1.29 is 27.9 Å². The average Bonchev–Trinajstić information content (AvgIpc) is 2.84. The van der Waals surface area contributed by atoms with E-state index in [4.69, 9.17) is 16.3 Å². The Hall–Kier alpha value is -3.40. The summed E-state index contributed by atoms with van der Waals surface area (Å²) in [6, 6.07) is 12.6. The number of amides is 1. The van der Waals surface area contributed by atoms with Crippen LogP contribution in [0.3, 0.4) is 0 Å². The van der Waals surface area contributed by atoms with Crippen LogP contribution in [0.25, 0.3) is 11.1 Å². The summed E-state index contributed by atoms with van der Waals surface area (Å²) in [7, 11) is -3.86. The molecule has 0 aromatic heterocycles. The first-order valence-corrected chi connectivity index (χ1v) is 13.8. The molecular formula is C28H31ClN2O6S. The molecule has 0 heterocycles. The maximum absolute atomic E-state index is 13.1. The van der Waals surface area contributed by atoms with Crippen molar-refractivity contribution in [3.8, 4) is 11.1 Å². The number of ether oxygens (including phenoxy) is 1. The third-order valence-corrected chi connectivity index (χ3v) is 7.94. The maximum atomic E-state index is 13.1. The molecule has 8 nitrogen and oxygen atoms in total. The van der Waals surface area contributed by atoms with E-state index in [1.807, 2.05) is 6.07 Å². The van der Waals surface area contributed by atoms with Gasteiger partial charge in [-0.1, -0.05) is 35.9 Å². The Bertz CT molecular complexity index is 1460. The Labute approximate surface area is 228 Å². The van der Waals surface area contributed by atoms with Gasteiger partial charge < -0.3 is 15.2 Å². The van der Waals surface area contributed by atoms with E-state index in [0.717, 1.165) is 11.1 Å². The van der Waals surface area contributed by atoms with Crippen LogP contribution in [0.2, 0.25) is 5.02 Å². The van der Waals surface area contributed by atoms with Crippen molar-refractivity contribution in [1.29, 1.82) is 0 Å². The fourth-order valence-electron chi connectivity index (χ4n) is 4.16. The van der Waals surface area contributed by atoms with E-state index < -0.39 is 34.5 Å². The van der Waals surface area contributed by atoms with Crippen LogP contribution in [-0.4, -0.2) is 44.7 Å². The van der Waals surface area contributed by atoms with Gasteiger partial charge in [0.25, 0.3) is 15.9 Å². The van der Waals surface area contributed by atoms with Crippen LogP contribution >= 0.6 is 11.6 Å². The van der Waals surface area contributed by atoms with Crippen LogP contribution in [-0.2, 0) is 19.6 Å². The number of sulfonamides is 1. The number of aliphatic hydroxyl groups excluding tert-OH is 1. The molecule has 0 fully saturated rings. The largest absolute Gasteiger partial charge is 0.464 e. The van der Waals surface area contributed by atoms with Gasteiger partial charge in [-0.2, -0.15) is 0 Å². The summed E-state index contributed by atoms with van der Waals surface area (Å²) >= 11 is 6.13. The Morgan fingerprint density at radius 3 is 2.21 bits per heavy atom. The molecular weight excluding hydrogens is 528 g/mol. The minimum atomic E-state index is -3.86. The van der Waals surface area contributed by atoms with Crippen molar-refractivity contribution in [2.24, 2.45) is 0 Å². The minimum absolute atomic E-state index is 0.131. The van der Waals surface area contributed by atoms with Crippen LogP contribution in [0.5, 0.6) is 0 Å². The van der Waals surface area contributed by atoms with Crippen molar-refractivity contribution in [1.82, 2.24) is 5.32 Å². The van der Waals surface area contributed by atoms with Crippen LogP contribution < -0.4 is 10.0 Å². The molecule has 38 heavy (non-hydrogen) atoms. The van der Waals surface area contributed by atoms with Crippen LogP contribution in [0, 0.1) is 27.7 Å². The number of rotatable bonds is 9. The topological polar surface area (TPSA) is 122 Å². The number of halogens is 1. The maximum Gasteiger partial charge on any atom is 0.331 e. The van der Waals surface area contributed by atoms with Gasteiger partial charge in [0.05, 0.1) is 18.1 Å². The summed E-state index contributed by atoms with van der Waals surface area (Å²) in [5.74, 6) is -1.22. The number of aliphatic hydroxyl groups is 1. The van der Waals surface area contributed by atoms with E-state index in [-0.39, 0.29) is 11.5 Å². The third kappa shape index (κ3) is 6.53. The summed E-state index contributed by atoms with van der Waals surface area (Å²) in [6.45, 7) is 8.15. The fourth-order valence-corrected chi connectivity index (χ4v) is 5.74. The Kier molecular flexibility index (Phi) is 9.19. The lowest BCUT2D eigenvalue weighted by molar-refractivity contribution is -0.146. The zero-order valence-corrected chi connectivity index (χ0v) is 23.5. The monoisotopic (exact) mass is 558 g/mol.